The average Bonchev–Trinajstić information content (AvgIpc) is 3.52. The van der Waals surface area contributed by atoms with Gasteiger partial charge in [-0.1, -0.05) is 60.1 Å². The largest absolute Gasteiger partial charge is 0.425 e. The maximum Gasteiger partial charge on any atom is 0.315 e. The van der Waals surface area contributed by atoms with Crippen LogP contribution < -0.4 is 9.85 Å². The molecule has 0 aromatic carbocycles. The second-order valence-corrected chi connectivity index (χ2v) is 17.1. The van der Waals surface area contributed by atoms with Gasteiger partial charge < -0.3 is 14.7 Å². The van der Waals surface area contributed by atoms with E-state index in [0.717, 1.165) is 70.9 Å². The summed E-state index contributed by atoms with van der Waals surface area (Å²) in [5.74, 6) is 2.25. The van der Waals surface area contributed by atoms with Crippen LogP contribution >= 0.6 is 0 Å². The number of ether oxygens (including phenoxy) is 1. The molecule has 5 aliphatic carbocycles. The highest BCUT2D eigenvalue weighted by molar-refractivity contribution is 5.78. The molecule has 1 N–H and O–H groups in total. The van der Waals surface area contributed by atoms with Crippen LogP contribution in [-0.2, 0) is 9.53 Å². The van der Waals surface area contributed by atoms with Crippen LogP contribution in [0.2, 0.25) is 0 Å². The maximum absolute atomic E-state index is 14.2. The number of aliphatic hydroxyl groups excluding tert-OH is 1. The number of aromatic nitrogens is 2. The summed E-state index contributed by atoms with van der Waals surface area (Å²) in [6, 6.07) is 0. The predicted molar refractivity (Wildman–Crippen MR) is 164 cm³/mol. The number of aliphatic hydroxyl groups is 1. The van der Waals surface area contributed by atoms with Gasteiger partial charge in [-0.2, -0.15) is 4.63 Å². The minimum Gasteiger partial charge on any atom is -0.425 e. The molecule has 6 aliphatic rings. The smallest absolute Gasteiger partial charge is 0.315 e. The van der Waals surface area contributed by atoms with Gasteiger partial charge in [0.1, 0.15) is 5.02 Å². The first kappa shape index (κ1) is 29.9. The van der Waals surface area contributed by atoms with Crippen LogP contribution in [0.1, 0.15) is 119 Å². The topological polar surface area (TPSA) is 82.0 Å². The van der Waals surface area contributed by atoms with E-state index in [2.05, 4.69) is 59.6 Å². The molecule has 7 rings (SSSR count). The van der Waals surface area contributed by atoms with Crippen LogP contribution in [0.25, 0.3) is 0 Å². The van der Waals surface area contributed by atoms with Gasteiger partial charge >= 0.3 is 5.97 Å². The van der Waals surface area contributed by atoms with E-state index < -0.39 is 5.41 Å². The first-order valence-electron chi connectivity index (χ1n) is 17.5. The van der Waals surface area contributed by atoms with Crippen molar-refractivity contribution in [3.8, 4) is 0 Å². The first-order valence-corrected chi connectivity index (χ1v) is 17.5. The Labute approximate surface area is 258 Å². The van der Waals surface area contributed by atoms with Crippen LogP contribution in [0.5, 0.6) is 0 Å². The number of fused-ring (bicyclic) bond motifs is 7. The molecule has 4 saturated carbocycles. The molecule has 8 heteroatoms. The van der Waals surface area contributed by atoms with E-state index in [1.807, 2.05) is 0 Å². The average molecular weight is 600 g/mol. The monoisotopic (exact) mass is 599 g/mol. The number of nitrogens with zero attached hydrogens (tertiary/aromatic N) is 3. The van der Waals surface area contributed by atoms with Gasteiger partial charge in [0.2, 0.25) is 0 Å². The summed E-state index contributed by atoms with van der Waals surface area (Å²) in [5, 5.41) is 14.4. The third-order valence-corrected chi connectivity index (χ3v) is 15.3. The lowest BCUT2D eigenvalue weighted by Crippen LogP contribution is -2.65. The Hall–Kier alpha value is -1.83. The zero-order valence-electron chi connectivity index (χ0n) is 27.9. The molecule has 5 fully saturated rings. The summed E-state index contributed by atoms with van der Waals surface area (Å²) < 4.78 is 11.4. The van der Waals surface area contributed by atoms with E-state index in [4.69, 9.17) is 14.2 Å². The molecule has 0 spiro atoms. The van der Waals surface area contributed by atoms with Gasteiger partial charge in [0.05, 0.1) is 11.5 Å². The lowest BCUT2D eigenvalue weighted by molar-refractivity contribution is -0.210. The van der Waals surface area contributed by atoms with Gasteiger partial charge in [-0.3, -0.25) is 9.80 Å². The summed E-state index contributed by atoms with van der Waals surface area (Å²) >= 11 is 0. The van der Waals surface area contributed by atoms with Crippen molar-refractivity contribution in [3.05, 3.63) is 11.6 Å². The Morgan fingerprint density at radius 2 is 1.72 bits per heavy atom. The van der Waals surface area contributed by atoms with Crippen LogP contribution in [-0.4, -0.2) is 47.0 Å². The second-order valence-electron chi connectivity index (χ2n) is 17.1. The van der Waals surface area contributed by atoms with Crippen LogP contribution in [0.15, 0.2) is 16.3 Å². The summed E-state index contributed by atoms with van der Waals surface area (Å²) in [7, 11) is 0. The number of allylic oxidation sites excluding steroid dienone is 2. The number of esters is 1. The molecule has 1 aromatic heterocycles. The first-order chi connectivity index (χ1) is 20.3. The Morgan fingerprint density at radius 1 is 0.977 bits per heavy atom. The fourth-order valence-corrected chi connectivity index (χ4v) is 12.2. The molecule has 0 bridgehead atoms. The van der Waals surface area contributed by atoms with Crippen LogP contribution in [0.4, 0.5) is 0 Å². The van der Waals surface area contributed by atoms with Gasteiger partial charge in [-0.15, -0.1) is 0 Å². The van der Waals surface area contributed by atoms with Gasteiger partial charge in [0.25, 0.3) is 6.79 Å². The van der Waals surface area contributed by atoms with E-state index in [9.17, 15) is 9.90 Å². The minimum absolute atomic E-state index is 0.0479. The van der Waals surface area contributed by atoms with E-state index in [0.29, 0.717) is 23.7 Å². The third-order valence-electron chi connectivity index (χ3n) is 15.3. The highest BCUT2D eigenvalue weighted by Crippen LogP contribution is 2.75. The Balaban J connectivity index is 1.16. The van der Waals surface area contributed by atoms with Crippen LogP contribution in [0.3, 0.4) is 0 Å². The standard InChI is InChI=1S/C35H57N3O5/c1-23-12-17-35(30(40)41-22-42-38-37(43-38)36-20-8-9-21-36)19-18-33(6)25(29(35)24(23)2)10-11-27-32(5)15-14-28(39)31(3,4)26(32)13-16-34(27,33)7/h10,23-24,26-29,39H,8-9,11-22H2,1-7H3/t23-,24+,26?,27-,28+,29?,32+,33-,34-,35?,37?,38?/m1/s1. The summed E-state index contributed by atoms with van der Waals surface area (Å²) in [6.45, 7) is 18.9. The van der Waals surface area contributed by atoms with E-state index in [1.54, 1.807) is 10.5 Å². The normalized spacial score (nSPS) is 47.2. The SMILES string of the molecule is C[C@@H]1CCC2(C(=O)OCOn3on3N3CCCC3)CC[C@]3(C)C(=CC[C@@H]4[C@@]5(C)CC[C@H](O)C(C)(C)C5CC[C@]43C)C2[C@H]1C. The van der Waals surface area contributed by atoms with Crippen LogP contribution in [0, 0.1) is 56.7 Å². The van der Waals surface area contributed by atoms with E-state index in [1.165, 1.54) is 17.9 Å². The molecule has 2 heterocycles. The Morgan fingerprint density at radius 3 is 2.47 bits per heavy atom. The molecule has 242 valence electrons. The quantitative estimate of drug-likeness (QED) is 0.235. The van der Waals surface area contributed by atoms with Crippen molar-refractivity contribution in [2.45, 2.75) is 125 Å². The predicted octanol–water partition coefficient (Wildman–Crippen LogP) is 6.56. The number of hydrogen-bond donors (Lipinski definition) is 1. The Kier molecular flexibility index (Phi) is 6.83. The molecule has 3 unspecified atom stereocenters. The third kappa shape index (κ3) is 4.05. The number of hydrogen-bond acceptors (Lipinski definition) is 6. The van der Waals surface area contributed by atoms with Gasteiger partial charge in [0.15, 0.2) is 0 Å². The zero-order chi connectivity index (χ0) is 30.6. The summed E-state index contributed by atoms with van der Waals surface area (Å²) in [4.78, 5) is 21.5. The number of carbonyl (C=O) groups is 1. The van der Waals surface area contributed by atoms with Crippen molar-refractivity contribution in [2.24, 2.45) is 56.7 Å². The molecule has 1 aliphatic heterocycles. The fourth-order valence-electron chi connectivity index (χ4n) is 12.2. The highest BCUT2D eigenvalue weighted by Gasteiger charge is 2.69. The van der Waals surface area contributed by atoms with Crippen molar-refractivity contribution < 1.29 is 24.1 Å². The van der Waals surface area contributed by atoms with Crippen molar-refractivity contribution in [3.63, 3.8) is 0 Å². The molecule has 43 heavy (non-hydrogen) atoms. The summed E-state index contributed by atoms with van der Waals surface area (Å²) in [6.07, 6.45) is 14.1. The second kappa shape index (κ2) is 9.83. The van der Waals surface area contributed by atoms with Crippen molar-refractivity contribution in [1.29, 1.82) is 0 Å². The minimum atomic E-state index is -0.490. The summed E-state index contributed by atoms with van der Waals surface area (Å²) in [5.41, 5.74) is 1.48. The molecule has 8 nitrogen and oxygen atoms in total. The highest BCUT2D eigenvalue weighted by atomic mass is 17.0. The molecular weight excluding hydrogens is 542 g/mol. The van der Waals surface area contributed by atoms with Gasteiger partial charge in [-0.25, -0.2) is 0 Å². The molecule has 1 saturated heterocycles. The molecule has 10 atom stereocenters. The maximum atomic E-state index is 14.2. The van der Waals surface area contributed by atoms with Gasteiger partial charge in [0, 0.05) is 18.1 Å². The Bertz CT molecular complexity index is 1250. The van der Waals surface area contributed by atoms with Crippen molar-refractivity contribution in [2.75, 3.05) is 24.9 Å². The fraction of sp³-hybridized carbons (Fsp3) is 0.914. The molecule has 1 aromatic rings. The lowest BCUT2D eigenvalue weighted by atomic mass is 9.33. The molecule has 0 amide bonds. The zero-order valence-corrected chi connectivity index (χ0v) is 27.9. The number of carbonyl (C=O) groups excluding carboxylic acids is 1. The lowest BCUT2D eigenvalue weighted by Gasteiger charge is -2.71. The van der Waals surface area contributed by atoms with E-state index in [-0.39, 0.29) is 46.4 Å². The van der Waals surface area contributed by atoms with Crippen molar-refractivity contribution >= 4 is 5.97 Å². The molecular formula is C35H57N3O5. The van der Waals surface area contributed by atoms with E-state index >= 15 is 0 Å². The van der Waals surface area contributed by atoms with Gasteiger partial charge in [-0.05, 0) is 122 Å². The van der Waals surface area contributed by atoms with Crippen molar-refractivity contribution in [1.82, 2.24) is 9.98 Å². The molecule has 0 radical (unpaired) electrons. The number of rotatable bonds is 5.